The third-order valence-electron chi connectivity index (χ3n) is 7.71. The van der Waals surface area contributed by atoms with Crippen LogP contribution in [0.3, 0.4) is 0 Å². The Morgan fingerprint density at radius 2 is 2.08 bits per heavy atom. The Morgan fingerprint density at radius 3 is 2.83 bits per heavy atom. The van der Waals surface area contributed by atoms with Gasteiger partial charge in [0, 0.05) is 70.7 Å². The third-order valence-corrected chi connectivity index (χ3v) is 7.71. The summed E-state index contributed by atoms with van der Waals surface area (Å²) >= 11 is 0. The highest BCUT2D eigenvalue weighted by Gasteiger charge is 2.32. The number of nitriles is 1. The molecule has 3 heterocycles. The minimum atomic E-state index is -0.346. The zero-order chi connectivity index (χ0) is 25.2. The van der Waals surface area contributed by atoms with Crippen LogP contribution in [0.2, 0.25) is 0 Å². The van der Waals surface area contributed by atoms with E-state index in [0.717, 1.165) is 68.6 Å². The molecule has 36 heavy (non-hydrogen) atoms. The summed E-state index contributed by atoms with van der Waals surface area (Å²) in [6.45, 7) is 7.33. The summed E-state index contributed by atoms with van der Waals surface area (Å²) in [4.78, 5) is 9.70. The molecule has 0 aromatic rings. The monoisotopic (exact) mass is 497 g/mol. The predicted octanol–water partition coefficient (Wildman–Crippen LogP) is 2.24. The summed E-state index contributed by atoms with van der Waals surface area (Å²) in [5, 5.41) is 23.8. The SMILES string of the molecule is COC[C@@H](C)NC1CCC(CN=C2N=C(C3=CC(NCC4(C#N)CCOCC4)=CCN3)CCN2)CC1. The lowest BCUT2D eigenvalue weighted by molar-refractivity contribution is 0.0416. The molecule has 1 saturated heterocycles. The van der Waals surface area contributed by atoms with Gasteiger partial charge in [0.25, 0.3) is 0 Å². The molecule has 0 unspecified atom stereocenters. The molecular weight excluding hydrogens is 454 g/mol. The fraction of sp³-hybridized carbons (Fsp3) is 0.741. The van der Waals surface area contributed by atoms with E-state index in [4.69, 9.17) is 19.5 Å². The second kappa shape index (κ2) is 13.2. The van der Waals surface area contributed by atoms with Crippen LogP contribution in [0.1, 0.15) is 51.9 Å². The van der Waals surface area contributed by atoms with Crippen molar-refractivity contribution in [1.82, 2.24) is 21.3 Å². The van der Waals surface area contributed by atoms with E-state index in [-0.39, 0.29) is 5.41 Å². The fourth-order valence-electron chi connectivity index (χ4n) is 5.44. The number of dihydropyridines is 1. The zero-order valence-electron chi connectivity index (χ0n) is 21.9. The number of hydrogen-bond donors (Lipinski definition) is 4. The Hall–Kier alpha value is -2.41. The minimum Gasteiger partial charge on any atom is -0.384 e. The first kappa shape index (κ1) is 26.6. The number of nitrogens with one attached hydrogen (secondary N) is 4. The van der Waals surface area contributed by atoms with Crippen LogP contribution in [0, 0.1) is 22.7 Å². The molecule has 0 spiro atoms. The van der Waals surface area contributed by atoms with Gasteiger partial charge in [0.2, 0.25) is 5.96 Å². The lowest BCUT2D eigenvalue weighted by Gasteiger charge is -2.31. The topological polar surface area (TPSA) is 115 Å². The van der Waals surface area contributed by atoms with Gasteiger partial charge in [-0.2, -0.15) is 5.26 Å². The number of nitrogens with zero attached hydrogens (tertiary/aromatic N) is 3. The van der Waals surface area contributed by atoms with E-state index in [1.807, 2.05) is 0 Å². The van der Waals surface area contributed by atoms with Gasteiger partial charge < -0.3 is 30.7 Å². The van der Waals surface area contributed by atoms with E-state index in [2.05, 4.69) is 46.4 Å². The molecule has 9 nitrogen and oxygen atoms in total. The molecule has 0 amide bonds. The molecule has 1 aliphatic carbocycles. The van der Waals surface area contributed by atoms with Crippen LogP contribution in [-0.2, 0) is 9.47 Å². The highest BCUT2D eigenvalue weighted by molar-refractivity contribution is 6.08. The van der Waals surface area contributed by atoms with Gasteiger partial charge >= 0.3 is 0 Å². The summed E-state index contributed by atoms with van der Waals surface area (Å²) in [6.07, 6.45) is 11.5. The summed E-state index contributed by atoms with van der Waals surface area (Å²) in [7, 11) is 1.76. The lowest BCUT2D eigenvalue weighted by Crippen LogP contribution is -2.41. The standard InChI is InChI=1S/C27H43N7O2/c1-20(17-35-2)33-22-5-3-21(4-6-22)16-31-26-30-12-8-24(34-26)25-15-23(7-11-29-25)32-19-27(18-28)9-13-36-14-10-27/h7,15,20-22,29,32-33H,3-6,8-14,16-17,19H2,1-2H3,(H,30,31)/t20-,21?,22?/m1/s1. The molecule has 0 aromatic heterocycles. The first-order valence-electron chi connectivity index (χ1n) is 13.6. The van der Waals surface area contributed by atoms with Crippen LogP contribution in [0.5, 0.6) is 0 Å². The molecule has 4 N–H and O–H groups in total. The normalized spacial score (nSPS) is 28.0. The maximum absolute atomic E-state index is 9.73. The van der Waals surface area contributed by atoms with Crippen molar-refractivity contribution in [3.05, 3.63) is 23.5 Å². The summed E-state index contributed by atoms with van der Waals surface area (Å²) in [6, 6.07) is 3.52. The van der Waals surface area contributed by atoms with Gasteiger partial charge in [0.15, 0.2) is 0 Å². The van der Waals surface area contributed by atoms with Crippen molar-refractivity contribution >= 4 is 11.7 Å². The van der Waals surface area contributed by atoms with Gasteiger partial charge in [-0.15, -0.1) is 0 Å². The number of hydrogen-bond acceptors (Lipinski definition) is 7. The largest absolute Gasteiger partial charge is 0.384 e. The average molecular weight is 498 g/mol. The quantitative estimate of drug-likeness (QED) is 0.366. The van der Waals surface area contributed by atoms with Crippen LogP contribution < -0.4 is 21.3 Å². The molecule has 0 aromatic carbocycles. The smallest absolute Gasteiger partial charge is 0.218 e. The molecule has 198 valence electrons. The van der Waals surface area contributed by atoms with Gasteiger partial charge in [0.05, 0.1) is 29.5 Å². The molecule has 1 saturated carbocycles. The Morgan fingerprint density at radius 1 is 1.28 bits per heavy atom. The Balaban J connectivity index is 1.28. The molecule has 0 bridgehead atoms. The molecule has 9 heteroatoms. The van der Waals surface area contributed by atoms with Crippen molar-refractivity contribution in [2.45, 2.75) is 64.0 Å². The minimum absolute atomic E-state index is 0.346. The highest BCUT2D eigenvalue weighted by Crippen LogP contribution is 2.29. The second-order valence-corrected chi connectivity index (χ2v) is 10.6. The van der Waals surface area contributed by atoms with Crippen molar-refractivity contribution in [3.8, 4) is 6.07 Å². The number of methoxy groups -OCH3 is 1. The van der Waals surface area contributed by atoms with Gasteiger partial charge in [-0.1, -0.05) is 0 Å². The molecule has 3 aliphatic heterocycles. The van der Waals surface area contributed by atoms with Gasteiger partial charge in [-0.25, -0.2) is 4.99 Å². The van der Waals surface area contributed by atoms with Crippen LogP contribution >= 0.6 is 0 Å². The Bertz CT molecular complexity index is 890. The van der Waals surface area contributed by atoms with E-state index >= 15 is 0 Å². The van der Waals surface area contributed by atoms with Crippen LogP contribution in [0.15, 0.2) is 33.5 Å². The van der Waals surface area contributed by atoms with Crippen molar-refractivity contribution in [2.75, 3.05) is 53.1 Å². The van der Waals surface area contributed by atoms with E-state index in [9.17, 15) is 5.26 Å². The first-order chi connectivity index (χ1) is 17.6. The molecule has 4 rings (SSSR count). The lowest BCUT2D eigenvalue weighted by atomic mass is 9.81. The summed E-state index contributed by atoms with van der Waals surface area (Å²) in [5.74, 6) is 1.38. The Kier molecular flexibility index (Phi) is 9.79. The van der Waals surface area contributed by atoms with Gasteiger partial charge in [-0.3, -0.25) is 4.99 Å². The van der Waals surface area contributed by atoms with Crippen molar-refractivity contribution in [2.24, 2.45) is 21.3 Å². The zero-order valence-corrected chi connectivity index (χ0v) is 21.9. The van der Waals surface area contributed by atoms with E-state index < -0.39 is 0 Å². The molecule has 1 atom stereocenters. The van der Waals surface area contributed by atoms with Crippen LogP contribution in [0.25, 0.3) is 0 Å². The highest BCUT2D eigenvalue weighted by atomic mass is 16.5. The van der Waals surface area contributed by atoms with Gasteiger partial charge in [-0.05, 0) is 63.5 Å². The summed E-state index contributed by atoms with van der Waals surface area (Å²) in [5.41, 5.74) is 2.79. The van der Waals surface area contributed by atoms with Crippen molar-refractivity contribution < 1.29 is 9.47 Å². The second-order valence-electron chi connectivity index (χ2n) is 10.6. The van der Waals surface area contributed by atoms with Crippen LogP contribution in [-0.4, -0.2) is 76.9 Å². The maximum atomic E-state index is 9.73. The van der Waals surface area contributed by atoms with E-state index in [1.165, 1.54) is 25.7 Å². The van der Waals surface area contributed by atoms with Crippen molar-refractivity contribution in [3.63, 3.8) is 0 Å². The fourth-order valence-corrected chi connectivity index (χ4v) is 5.44. The van der Waals surface area contributed by atoms with E-state index in [1.54, 1.807) is 7.11 Å². The third kappa shape index (κ3) is 7.55. The average Bonchev–Trinajstić information content (AvgIpc) is 2.92. The summed E-state index contributed by atoms with van der Waals surface area (Å²) < 4.78 is 10.7. The number of allylic oxidation sites excluding steroid dienone is 2. The number of aliphatic imine (C=N–C) groups is 2. The predicted molar refractivity (Wildman–Crippen MR) is 143 cm³/mol. The first-order valence-corrected chi connectivity index (χ1v) is 13.6. The number of ether oxygens (including phenoxy) is 2. The number of rotatable bonds is 10. The number of guanidine groups is 1. The van der Waals surface area contributed by atoms with E-state index in [0.29, 0.717) is 37.8 Å². The molecular formula is C27H43N7O2. The molecule has 4 aliphatic rings. The maximum Gasteiger partial charge on any atom is 0.218 e. The molecule has 2 fully saturated rings. The Labute approximate surface area is 215 Å². The van der Waals surface area contributed by atoms with Gasteiger partial charge in [0.1, 0.15) is 0 Å². The van der Waals surface area contributed by atoms with Crippen molar-refractivity contribution in [1.29, 1.82) is 5.26 Å². The molecule has 0 radical (unpaired) electrons. The van der Waals surface area contributed by atoms with Crippen LogP contribution in [0.4, 0.5) is 0 Å².